The molecule has 3 nitrogen and oxygen atoms in total. The van der Waals surface area contributed by atoms with E-state index in [-0.39, 0.29) is 5.56 Å². The van der Waals surface area contributed by atoms with Gasteiger partial charge in [0, 0.05) is 28.2 Å². The van der Waals surface area contributed by atoms with Gasteiger partial charge < -0.3 is 5.11 Å². The number of pyridine rings is 1. The first-order chi connectivity index (χ1) is 6.70. The molecule has 1 aromatic carbocycles. The number of carbonyl (C=O) groups is 1. The summed E-state index contributed by atoms with van der Waals surface area (Å²) in [7, 11) is 0. The lowest BCUT2D eigenvalue weighted by molar-refractivity contribution is 0.0698. The molecule has 0 saturated heterocycles. The van der Waals surface area contributed by atoms with Gasteiger partial charge in [0.2, 0.25) is 0 Å². The first-order valence-electron chi connectivity index (χ1n) is 3.95. The number of benzene rings is 1. The summed E-state index contributed by atoms with van der Waals surface area (Å²) in [6.07, 6.45) is 2.88. The first kappa shape index (κ1) is 8.97. The van der Waals surface area contributed by atoms with Gasteiger partial charge in [0.25, 0.3) is 0 Å². The summed E-state index contributed by atoms with van der Waals surface area (Å²) in [5.74, 6) is -0.995. The molecule has 4 heteroatoms. The molecule has 0 aliphatic heterocycles. The smallest absolute Gasteiger partial charge is 0.337 e. The van der Waals surface area contributed by atoms with Crippen molar-refractivity contribution in [3.63, 3.8) is 0 Å². The summed E-state index contributed by atoms with van der Waals surface area (Å²) in [5, 5.41) is 10.7. The fraction of sp³-hybridized carbons (Fsp3) is 0. The molecule has 14 heavy (non-hydrogen) atoms. The van der Waals surface area contributed by atoms with Crippen LogP contribution in [0.2, 0.25) is 5.02 Å². The Labute approximate surface area is 85.0 Å². The van der Waals surface area contributed by atoms with Gasteiger partial charge in [0.1, 0.15) is 0 Å². The summed E-state index contributed by atoms with van der Waals surface area (Å²) in [6, 6.07) is 5.14. The Morgan fingerprint density at radius 1 is 1.29 bits per heavy atom. The zero-order chi connectivity index (χ0) is 10.1. The molecule has 0 amide bonds. The number of rotatable bonds is 1. The maximum Gasteiger partial charge on any atom is 0.337 e. The van der Waals surface area contributed by atoms with Crippen molar-refractivity contribution in [1.82, 2.24) is 4.98 Å². The van der Waals surface area contributed by atoms with Crippen LogP contribution >= 0.6 is 11.6 Å². The minimum Gasteiger partial charge on any atom is -0.478 e. The third-order valence-electron chi connectivity index (χ3n) is 1.98. The molecule has 0 bridgehead atoms. The second kappa shape index (κ2) is 3.27. The van der Waals surface area contributed by atoms with Gasteiger partial charge in [-0.2, -0.15) is 0 Å². The highest BCUT2D eigenvalue weighted by molar-refractivity contribution is 6.35. The predicted octanol–water partition coefficient (Wildman–Crippen LogP) is 2.59. The number of nitrogens with zero attached hydrogens (tertiary/aromatic N) is 1. The molecule has 0 aliphatic rings. The summed E-state index contributed by atoms with van der Waals surface area (Å²) in [6.45, 7) is 0. The highest BCUT2D eigenvalue weighted by Gasteiger charge is 2.09. The van der Waals surface area contributed by atoms with Gasteiger partial charge in [-0.25, -0.2) is 4.79 Å². The molecule has 0 saturated carbocycles. The van der Waals surface area contributed by atoms with E-state index in [0.717, 1.165) is 0 Å². The van der Waals surface area contributed by atoms with E-state index < -0.39 is 5.97 Å². The molecule has 0 radical (unpaired) electrons. The lowest BCUT2D eigenvalue weighted by Crippen LogP contribution is -1.98. The monoisotopic (exact) mass is 207 g/mol. The van der Waals surface area contributed by atoms with E-state index in [4.69, 9.17) is 16.7 Å². The highest BCUT2D eigenvalue weighted by atomic mass is 35.5. The number of fused-ring (bicyclic) bond motifs is 1. The Kier molecular flexibility index (Phi) is 2.09. The van der Waals surface area contributed by atoms with Crippen LogP contribution in [0.1, 0.15) is 10.4 Å². The quantitative estimate of drug-likeness (QED) is 0.782. The Hall–Kier alpha value is -1.61. The summed E-state index contributed by atoms with van der Waals surface area (Å²) >= 11 is 5.90. The SMILES string of the molecule is O=C(O)c1cncc2c(Cl)cccc12. The van der Waals surface area contributed by atoms with Gasteiger partial charge in [-0.05, 0) is 6.07 Å². The van der Waals surface area contributed by atoms with Crippen molar-refractivity contribution < 1.29 is 9.90 Å². The fourth-order valence-electron chi connectivity index (χ4n) is 1.33. The molecule has 0 unspecified atom stereocenters. The molecule has 0 atom stereocenters. The van der Waals surface area contributed by atoms with Crippen molar-refractivity contribution in [3.8, 4) is 0 Å². The van der Waals surface area contributed by atoms with E-state index in [0.29, 0.717) is 15.8 Å². The molecular formula is C10H6ClNO2. The minimum atomic E-state index is -0.995. The number of halogens is 1. The van der Waals surface area contributed by atoms with Crippen LogP contribution in [0, 0.1) is 0 Å². The molecule has 0 aliphatic carbocycles. The van der Waals surface area contributed by atoms with E-state index in [2.05, 4.69) is 4.98 Å². The van der Waals surface area contributed by atoms with Crippen LogP contribution in [-0.4, -0.2) is 16.1 Å². The summed E-state index contributed by atoms with van der Waals surface area (Å²) in [4.78, 5) is 14.7. The highest BCUT2D eigenvalue weighted by Crippen LogP contribution is 2.24. The zero-order valence-electron chi connectivity index (χ0n) is 7.07. The molecule has 70 valence electrons. The summed E-state index contributed by atoms with van der Waals surface area (Å²) < 4.78 is 0. The van der Waals surface area contributed by atoms with Crippen molar-refractivity contribution in [2.24, 2.45) is 0 Å². The average molecular weight is 208 g/mol. The molecule has 1 heterocycles. The average Bonchev–Trinajstić information content (AvgIpc) is 2.17. The van der Waals surface area contributed by atoms with Crippen LogP contribution in [0.3, 0.4) is 0 Å². The Morgan fingerprint density at radius 3 is 2.79 bits per heavy atom. The first-order valence-corrected chi connectivity index (χ1v) is 4.33. The number of carboxylic acid groups (broad SMARTS) is 1. The van der Waals surface area contributed by atoms with Crippen LogP contribution in [0.15, 0.2) is 30.6 Å². The number of aromatic carboxylic acids is 1. The van der Waals surface area contributed by atoms with Crippen molar-refractivity contribution >= 4 is 28.3 Å². The molecule has 1 N–H and O–H groups in total. The second-order valence-electron chi connectivity index (χ2n) is 2.83. The predicted molar refractivity (Wildman–Crippen MR) is 53.7 cm³/mol. The van der Waals surface area contributed by atoms with Gasteiger partial charge in [-0.1, -0.05) is 23.7 Å². The molecule has 2 aromatic rings. The van der Waals surface area contributed by atoms with E-state index in [1.807, 2.05) is 0 Å². The van der Waals surface area contributed by atoms with Crippen molar-refractivity contribution in [2.75, 3.05) is 0 Å². The fourth-order valence-corrected chi connectivity index (χ4v) is 1.55. The van der Waals surface area contributed by atoms with Crippen LogP contribution in [0.4, 0.5) is 0 Å². The second-order valence-corrected chi connectivity index (χ2v) is 3.23. The Balaban J connectivity index is 2.88. The van der Waals surface area contributed by atoms with Gasteiger partial charge in [0.15, 0.2) is 0 Å². The molecule has 0 fully saturated rings. The third kappa shape index (κ3) is 1.32. The third-order valence-corrected chi connectivity index (χ3v) is 2.31. The van der Waals surface area contributed by atoms with E-state index in [1.165, 1.54) is 6.20 Å². The van der Waals surface area contributed by atoms with Crippen LogP contribution in [-0.2, 0) is 0 Å². The van der Waals surface area contributed by atoms with Gasteiger partial charge in [-0.3, -0.25) is 4.98 Å². The largest absolute Gasteiger partial charge is 0.478 e. The van der Waals surface area contributed by atoms with Crippen LogP contribution in [0.25, 0.3) is 10.8 Å². The maximum atomic E-state index is 10.8. The lowest BCUT2D eigenvalue weighted by atomic mass is 10.1. The number of hydrogen-bond acceptors (Lipinski definition) is 2. The summed E-state index contributed by atoms with van der Waals surface area (Å²) in [5.41, 5.74) is 0.171. The van der Waals surface area contributed by atoms with Crippen molar-refractivity contribution in [1.29, 1.82) is 0 Å². The Bertz CT molecular complexity index is 510. The Morgan fingerprint density at radius 2 is 2.07 bits per heavy atom. The van der Waals surface area contributed by atoms with Gasteiger partial charge in [0.05, 0.1) is 5.56 Å². The molecule has 1 aromatic heterocycles. The molecule has 0 spiro atoms. The van der Waals surface area contributed by atoms with E-state index in [9.17, 15) is 4.79 Å². The zero-order valence-corrected chi connectivity index (χ0v) is 7.82. The van der Waals surface area contributed by atoms with Crippen LogP contribution < -0.4 is 0 Å². The van der Waals surface area contributed by atoms with E-state index >= 15 is 0 Å². The minimum absolute atomic E-state index is 0.171. The van der Waals surface area contributed by atoms with E-state index in [1.54, 1.807) is 24.4 Å². The van der Waals surface area contributed by atoms with Crippen LogP contribution in [0.5, 0.6) is 0 Å². The molecule has 2 rings (SSSR count). The topological polar surface area (TPSA) is 50.2 Å². The maximum absolute atomic E-state index is 10.8. The normalized spacial score (nSPS) is 10.4. The number of aromatic nitrogens is 1. The van der Waals surface area contributed by atoms with Crippen molar-refractivity contribution in [3.05, 3.63) is 41.2 Å². The van der Waals surface area contributed by atoms with Crippen molar-refractivity contribution in [2.45, 2.75) is 0 Å². The number of hydrogen-bond donors (Lipinski definition) is 1. The number of carboxylic acids is 1. The molecular weight excluding hydrogens is 202 g/mol. The standard InChI is InChI=1S/C10H6ClNO2/c11-9-3-1-2-6-7(9)4-12-5-8(6)10(13)14/h1-5H,(H,13,14). The lowest BCUT2D eigenvalue weighted by Gasteiger charge is -2.02. The van der Waals surface area contributed by atoms with Gasteiger partial charge >= 0.3 is 5.97 Å². The van der Waals surface area contributed by atoms with Gasteiger partial charge in [-0.15, -0.1) is 0 Å².